The second-order valence-corrected chi connectivity index (χ2v) is 10.0. The van der Waals surface area contributed by atoms with Crippen LogP contribution in [0.25, 0.3) is 21.9 Å². The van der Waals surface area contributed by atoms with E-state index in [1.54, 1.807) is 20.8 Å². The lowest BCUT2D eigenvalue weighted by Gasteiger charge is -2.19. The molecule has 0 fully saturated rings. The first-order chi connectivity index (χ1) is 17.6. The van der Waals surface area contributed by atoms with Gasteiger partial charge in [-0.25, -0.2) is 14.8 Å². The highest BCUT2D eigenvalue weighted by Gasteiger charge is 2.18. The third kappa shape index (κ3) is 6.35. The van der Waals surface area contributed by atoms with Crippen molar-refractivity contribution >= 4 is 45.4 Å². The van der Waals surface area contributed by atoms with Gasteiger partial charge >= 0.3 is 6.09 Å². The van der Waals surface area contributed by atoms with E-state index in [-0.39, 0.29) is 12.5 Å². The molecule has 37 heavy (non-hydrogen) atoms. The second kappa shape index (κ2) is 10.9. The van der Waals surface area contributed by atoms with E-state index in [9.17, 15) is 9.59 Å². The number of aryl methyl sites for hydroxylation is 1. The van der Waals surface area contributed by atoms with Crippen molar-refractivity contribution in [1.29, 1.82) is 0 Å². The number of nitrogens with two attached hydrogens (primary N) is 1. The third-order valence-electron chi connectivity index (χ3n) is 5.81. The average molecular weight is 503 g/mol. The van der Waals surface area contributed by atoms with Crippen LogP contribution in [0.1, 0.15) is 51.9 Å². The first-order valence-electron chi connectivity index (χ1n) is 12.5. The van der Waals surface area contributed by atoms with Gasteiger partial charge in [0.15, 0.2) is 5.82 Å². The number of amides is 2. The van der Waals surface area contributed by atoms with Crippen molar-refractivity contribution in [1.82, 2.24) is 19.9 Å². The summed E-state index contributed by atoms with van der Waals surface area (Å²) in [5.41, 5.74) is 9.93. The molecule has 2 heterocycles. The minimum atomic E-state index is -0.632. The molecule has 4 rings (SSSR count). The number of carbonyl (C=O) groups is 2. The molecule has 2 aromatic heterocycles. The number of nitrogen functional groups attached to an aromatic ring is 1. The molecular weight excluding hydrogens is 468 g/mol. The normalized spacial score (nSPS) is 11.6. The van der Waals surface area contributed by atoms with Crippen LogP contribution in [0.2, 0.25) is 0 Å². The monoisotopic (exact) mass is 502 g/mol. The van der Waals surface area contributed by atoms with Gasteiger partial charge in [0.2, 0.25) is 5.91 Å². The largest absolute Gasteiger partial charge is 0.444 e. The molecule has 194 valence electrons. The van der Waals surface area contributed by atoms with Crippen LogP contribution in [0.3, 0.4) is 0 Å². The molecule has 9 heteroatoms. The Labute approximate surface area is 216 Å². The zero-order chi connectivity index (χ0) is 26.6. The van der Waals surface area contributed by atoms with Gasteiger partial charge in [-0.3, -0.25) is 4.79 Å². The minimum Gasteiger partial charge on any atom is -0.444 e. The van der Waals surface area contributed by atoms with Gasteiger partial charge in [0.05, 0.1) is 11.0 Å². The molecule has 0 bridgehead atoms. The molecule has 0 saturated heterocycles. The Hall–Kier alpha value is -4.14. The number of rotatable bonds is 8. The van der Waals surface area contributed by atoms with E-state index in [1.807, 2.05) is 42.5 Å². The number of fused-ring (bicyclic) bond motifs is 3. The Morgan fingerprint density at radius 2 is 1.78 bits per heavy atom. The number of hydrogen-bond donors (Lipinski definition) is 3. The van der Waals surface area contributed by atoms with E-state index >= 15 is 0 Å². The smallest absolute Gasteiger partial charge is 0.408 e. The summed E-state index contributed by atoms with van der Waals surface area (Å²) < 4.78 is 7.38. The Kier molecular flexibility index (Phi) is 7.61. The van der Waals surface area contributed by atoms with E-state index in [0.717, 1.165) is 52.6 Å². The van der Waals surface area contributed by atoms with Crippen LogP contribution in [0.5, 0.6) is 0 Å². The lowest BCUT2D eigenvalue weighted by atomic mass is 10.1. The van der Waals surface area contributed by atoms with Crippen LogP contribution in [0.15, 0.2) is 48.5 Å². The van der Waals surface area contributed by atoms with Crippen molar-refractivity contribution in [2.75, 3.05) is 17.6 Å². The number of carbonyl (C=O) groups excluding carboxylic acids is 2. The number of unbranched alkanes of at least 4 members (excludes halogenated alkanes) is 1. The van der Waals surface area contributed by atoms with Gasteiger partial charge in [-0.15, -0.1) is 0 Å². The molecule has 0 spiro atoms. The average Bonchev–Trinajstić information content (AvgIpc) is 3.20. The van der Waals surface area contributed by atoms with E-state index in [0.29, 0.717) is 18.1 Å². The van der Waals surface area contributed by atoms with Gasteiger partial charge in [0.1, 0.15) is 23.5 Å². The molecule has 0 aliphatic carbocycles. The highest BCUT2D eigenvalue weighted by atomic mass is 16.6. The SMILES string of the molecule is CCCCc1nc2c(N)nc3ccccc3c2n1Cc1ccc(NC(=O)CNC(=O)OC(C)(C)C)cc1. The van der Waals surface area contributed by atoms with Crippen molar-refractivity contribution < 1.29 is 14.3 Å². The number of nitrogens with one attached hydrogen (secondary N) is 2. The third-order valence-corrected chi connectivity index (χ3v) is 5.81. The van der Waals surface area contributed by atoms with Gasteiger partial charge in [0.25, 0.3) is 0 Å². The summed E-state index contributed by atoms with van der Waals surface area (Å²) >= 11 is 0. The van der Waals surface area contributed by atoms with E-state index in [1.165, 1.54) is 0 Å². The fraction of sp³-hybridized carbons (Fsp3) is 0.357. The number of anilines is 2. The number of pyridine rings is 1. The van der Waals surface area contributed by atoms with Crippen LogP contribution < -0.4 is 16.4 Å². The summed E-state index contributed by atoms with van der Waals surface area (Å²) in [5, 5.41) is 6.27. The predicted octanol–water partition coefficient (Wildman–Crippen LogP) is 5.02. The van der Waals surface area contributed by atoms with Gasteiger partial charge < -0.3 is 25.7 Å². The number of aromatic nitrogens is 3. The van der Waals surface area contributed by atoms with Gasteiger partial charge in [-0.1, -0.05) is 43.7 Å². The summed E-state index contributed by atoms with van der Waals surface area (Å²) in [7, 11) is 0. The van der Waals surface area contributed by atoms with Gasteiger partial charge in [-0.2, -0.15) is 0 Å². The summed E-state index contributed by atoms with van der Waals surface area (Å²) in [4.78, 5) is 33.5. The maximum Gasteiger partial charge on any atom is 0.408 e. The lowest BCUT2D eigenvalue weighted by Crippen LogP contribution is -2.37. The van der Waals surface area contributed by atoms with E-state index in [2.05, 4.69) is 33.2 Å². The maximum absolute atomic E-state index is 12.3. The molecule has 4 aromatic rings. The molecule has 0 aliphatic heterocycles. The molecule has 0 radical (unpaired) electrons. The molecule has 2 aromatic carbocycles. The van der Waals surface area contributed by atoms with Gasteiger partial charge in [-0.05, 0) is 51.0 Å². The van der Waals surface area contributed by atoms with Crippen molar-refractivity contribution in [2.24, 2.45) is 0 Å². The molecule has 4 N–H and O–H groups in total. The van der Waals surface area contributed by atoms with Crippen molar-refractivity contribution in [2.45, 2.75) is 59.1 Å². The number of nitrogens with zero attached hydrogens (tertiary/aromatic N) is 3. The molecular formula is C28H34N6O3. The Morgan fingerprint density at radius 1 is 1.05 bits per heavy atom. The van der Waals surface area contributed by atoms with Crippen LogP contribution in [-0.2, 0) is 22.5 Å². The van der Waals surface area contributed by atoms with Crippen LogP contribution in [0, 0.1) is 0 Å². The van der Waals surface area contributed by atoms with Crippen LogP contribution >= 0.6 is 0 Å². The first kappa shape index (κ1) is 25.9. The highest BCUT2D eigenvalue weighted by molar-refractivity contribution is 6.06. The summed E-state index contributed by atoms with van der Waals surface area (Å²) in [6.07, 6.45) is 2.30. The summed E-state index contributed by atoms with van der Waals surface area (Å²) in [6, 6.07) is 15.6. The standard InChI is InChI=1S/C28H34N6O3/c1-5-6-11-22-33-24-25(20-9-7-8-10-21(20)32-26(24)29)34(22)17-18-12-14-19(15-13-18)31-23(35)16-30-27(36)37-28(2,3)4/h7-10,12-15H,5-6,11,16-17H2,1-4H3,(H2,29,32)(H,30,36)(H,31,35). The second-order valence-electron chi connectivity index (χ2n) is 10.0. The Morgan fingerprint density at radius 3 is 2.49 bits per heavy atom. The van der Waals surface area contributed by atoms with E-state index in [4.69, 9.17) is 15.5 Å². The molecule has 2 amide bonds. The fourth-order valence-electron chi connectivity index (χ4n) is 4.15. The van der Waals surface area contributed by atoms with Crippen LogP contribution in [-0.4, -0.2) is 38.7 Å². The predicted molar refractivity (Wildman–Crippen MR) is 146 cm³/mol. The molecule has 9 nitrogen and oxygen atoms in total. The van der Waals surface area contributed by atoms with E-state index < -0.39 is 11.7 Å². The van der Waals surface area contributed by atoms with Crippen LogP contribution in [0.4, 0.5) is 16.3 Å². The number of imidazole rings is 1. The topological polar surface area (TPSA) is 124 Å². The maximum atomic E-state index is 12.3. The highest BCUT2D eigenvalue weighted by Crippen LogP contribution is 2.30. The minimum absolute atomic E-state index is 0.180. The zero-order valence-electron chi connectivity index (χ0n) is 21.8. The number of para-hydroxylation sites is 1. The van der Waals surface area contributed by atoms with Crippen molar-refractivity contribution in [3.8, 4) is 0 Å². The number of ether oxygens (including phenoxy) is 1. The van der Waals surface area contributed by atoms with Gasteiger partial charge in [0, 0.05) is 24.0 Å². The fourth-order valence-corrected chi connectivity index (χ4v) is 4.15. The zero-order valence-corrected chi connectivity index (χ0v) is 21.8. The lowest BCUT2D eigenvalue weighted by molar-refractivity contribution is -0.115. The Bertz CT molecular complexity index is 1420. The van der Waals surface area contributed by atoms with Crippen molar-refractivity contribution in [3.63, 3.8) is 0 Å². The first-order valence-corrected chi connectivity index (χ1v) is 12.5. The molecule has 0 aliphatic rings. The quantitative estimate of drug-likeness (QED) is 0.311. The number of benzene rings is 2. The van der Waals surface area contributed by atoms with Crippen molar-refractivity contribution in [3.05, 3.63) is 59.9 Å². The summed E-state index contributed by atoms with van der Waals surface area (Å²) in [6.45, 7) is 7.89. The number of hydrogen-bond acceptors (Lipinski definition) is 6. The molecule has 0 atom stereocenters. The number of alkyl carbamates (subject to hydrolysis) is 1. The molecule has 0 saturated carbocycles. The Balaban J connectivity index is 1.52. The molecule has 0 unspecified atom stereocenters. The summed E-state index contributed by atoms with van der Waals surface area (Å²) in [5.74, 6) is 1.08.